The molecule has 0 saturated carbocycles. The van der Waals surface area contributed by atoms with E-state index in [1.807, 2.05) is 29.3 Å². The highest BCUT2D eigenvalue weighted by Gasteiger charge is 2.29. The van der Waals surface area contributed by atoms with Gasteiger partial charge >= 0.3 is 0 Å². The Morgan fingerprint density at radius 1 is 1.08 bits per heavy atom. The maximum Gasteiger partial charge on any atom is 0.260 e. The first kappa shape index (κ1) is 15.0. The van der Waals surface area contributed by atoms with Crippen LogP contribution in [-0.2, 0) is 11.2 Å². The Kier molecular flexibility index (Phi) is 3.42. The van der Waals surface area contributed by atoms with E-state index in [1.165, 1.54) is 0 Å². The van der Waals surface area contributed by atoms with Gasteiger partial charge in [0.1, 0.15) is 0 Å². The second-order valence-electron chi connectivity index (χ2n) is 5.85. The second-order valence-corrected chi connectivity index (χ2v) is 6.76. The van der Waals surface area contributed by atoms with Crippen LogP contribution in [0.2, 0.25) is 0 Å². The standard InChI is InChI=1S/C18H14BrN3O2/c19-11-1-3-13-14(8-11)15(18(24)21-17(13)23)9-22-6-5-10-7-12(20)2-4-16(10)22/h1-4,7-9H,5-6,20H2,(H,21,23,24)/b15-9+. The second kappa shape index (κ2) is 5.49. The predicted octanol–water partition coefficient (Wildman–Crippen LogP) is 2.70. The van der Waals surface area contributed by atoms with Gasteiger partial charge in [-0.05, 0) is 48.4 Å². The summed E-state index contributed by atoms with van der Waals surface area (Å²) in [6.45, 7) is 0.771. The van der Waals surface area contributed by atoms with Crippen LogP contribution >= 0.6 is 15.9 Å². The van der Waals surface area contributed by atoms with Gasteiger partial charge in [-0.25, -0.2) is 0 Å². The molecule has 2 aliphatic rings. The van der Waals surface area contributed by atoms with Gasteiger partial charge in [-0.1, -0.05) is 15.9 Å². The number of hydrogen-bond donors (Lipinski definition) is 2. The monoisotopic (exact) mass is 383 g/mol. The topological polar surface area (TPSA) is 75.4 Å². The summed E-state index contributed by atoms with van der Waals surface area (Å²) in [5.41, 5.74) is 10.4. The smallest absolute Gasteiger partial charge is 0.260 e. The minimum absolute atomic E-state index is 0.366. The molecule has 4 rings (SSSR count). The van der Waals surface area contributed by atoms with E-state index in [0.717, 1.165) is 34.4 Å². The number of carbonyl (C=O) groups is 2. The molecule has 0 atom stereocenters. The largest absolute Gasteiger partial charge is 0.399 e. The molecule has 0 saturated heterocycles. The first-order chi connectivity index (χ1) is 11.5. The summed E-state index contributed by atoms with van der Waals surface area (Å²) in [6.07, 6.45) is 2.69. The number of rotatable bonds is 1. The fourth-order valence-electron chi connectivity index (χ4n) is 3.16. The lowest BCUT2D eigenvalue weighted by Gasteiger charge is -2.22. The van der Waals surface area contributed by atoms with Crippen LogP contribution in [0.15, 0.2) is 47.1 Å². The molecule has 0 spiro atoms. The molecule has 0 unspecified atom stereocenters. The van der Waals surface area contributed by atoms with Crippen molar-refractivity contribution in [2.75, 3.05) is 17.2 Å². The van der Waals surface area contributed by atoms with E-state index in [0.29, 0.717) is 16.7 Å². The molecule has 0 radical (unpaired) electrons. The van der Waals surface area contributed by atoms with Crippen molar-refractivity contribution in [1.29, 1.82) is 0 Å². The average Bonchev–Trinajstić information content (AvgIpc) is 2.93. The van der Waals surface area contributed by atoms with Gasteiger partial charge in [0.15, 0.2) is 0 Å². The van der Waals surface area contributed by atoms with Gasteiger partial charge in [-0.2, -0.15) is 0 Å². The number of fused-ring (bicyclic) bond motifs is 2. The van der Waals surface area contributed by atoms with Crippen molar-refractivity contribution in [3.8, 4) is 0 Å². The summed E-state index contributed by atoms with van der Waals surface area (Å²) in [4.78, 5) is 26.4. The third kappa shape index (κ3) is 2.39. The number of nitrogens with two attached hydrogens (primary N) is 1. The van der Waals surface area contributed by atoms with Crippen LogP contribution in [-0.4, -0.2) is 18.4 Å². The summed E-state index contributed by atoms with van der Waals surface area (Å²) >= 11 is 3.41. The van der Waals surface area contributed by atoms with Crippen LogP contribution in [0.1, 0.15) is 21.5 Å². The molecule has 2 aliphatic heterocycles. The van der Waals surface area contributed by atoms with Gasteiger partial charge in [0.05, 0.1) is 5.57 Å². The first-order valence-corrected chi connectivity index (χ1v) is 8.35. The number of halogens is 1. The zero-order valence-electron chi connectivity index (χ0n) is 12.7. The Morgan fingerprint density at radius 3 is 2.75 bits per heavy atom. The van der Waals surface area contributed by atoms with Gasteiger partial charge < -0.3 is 10.6 Å². The lowest BCUT2D eigenvalue weighted by molar-refractivity contribution is -0.114. The number of amides is 2. The molecule has 3 N–H and O–H groups in total. The van der Waals surface area contributed by atoms with Crippen molar-refractivity contribution >= 4 is 44.7 Å². The van der Waals surface area contributed by atoms with Crippen LogP contribution in [0.4, 0.5) is 11.4 Å². The molecule has 0 bridgehead atoms. The fraction of sp³-hybridized carbons (Fsp3) is 0.111. The quantitative estimate of drug-likeness (QED) is 0.451. The number of anilines is 2. The highest BCUT2D eigenvalue weighted by atomic mass is 79.9. The van der Waals surface area contributed by atoms with Crippen molar-refractivity contribution in [3.05, 3.63) is 63.8 Å². The highest BCUT2D eigenvalue weighted by molar-refractivity contribution is 9.10. The lowest BCUT2D eigenvalue weighted by atomic mass is 9.95. The molecule has 6 heteroatoms. The minimum atomic E-state index is -0.380. The summed E-state index contributed by atoms with van der Waals surface area (Å²) in [7, 11) is 0. The Labute approximate surface area is 147 Å². The van der Waals surface area contributed by atoms with Crippen LogP contribution in [0, 0.1) is 0 Å². The van der Waals surface area contributed by atoms with Gasteiger partial charge in [-0.15, -0.1) is 0 Å². The van der Waals surface area contributed by atoms with Crippen molar-refractivity contribution in [2.45, 2.75) is 6.42 Å². The van der Waals surface area contributed by atoms with E-state index in [4.69, 9.17) is 5.73 Å². The van der Waals surface area contributed by atoms with Crippen molar-refractivity contribution < 1.29 is 9.59 Å². The van der Waals surface area contributed by atoms with Crippen LogP contribution in [0.3, 0.4) is 0 Å². The maximum absolute atomic E-state index is 12.4. The number of hydrogen-bond acceptors (Lipinski definition) is 4. The molecule has 0 aromatic heterocycles. The minimum Gasteiger partial charge on any atom is -0.399 e. The van der Waals surface area contributed by atoms with E-state index >= 15 is 0 Å². The van der Waals surface area contributed by atoms with E-state index in [2.05, 4.69) is 21.2 Å². The SMILES string of the molecule is Nc1ccc2c(c1)CCN2/C=C1/C(=O)NC(=O)c2ccc(Br)cc21. The Balaban J connectivity index is 1.82. The molecule has 120 valence electrons. The summed E-state index contributed by atoms with van der Waals surface area (Å²) in [5.74, 6) is -0.747. The number of nitrogens with one attached hydrogen (secondary N) is 1. The number of carbonyl (C=O) groups excluding carboxylic acids is 2. The molecular formula is C18H14BrN3O2. The van der Waals surface area contributed by atoms with Gasteiger partial charge in [-0.3, -0.25) is 14.9 Å². The molecular weight excluding hydrogens is 370 g/mol. The zero-order chi connectivity index (χ0) is 16.8. The molecule has 24 heavy (non-hydrogen) atoms. The molecule has 2 aromatic rings. The van der Waals surface area contributed by atoms with Gasteiger partial charge in [0.2, 0.25) is 0 Å². The van der Waals surface area contributed by atoms with E-state index < -0.39 is 0 Å². The molecule has 2 heterocycles. The number of benzene rings is 2. The summed E-state index contributed by atoms with van der Waals surface area (Å²) < 4.78 is 0.823. The van der Waals surface area contributed by atoms with Gasteiger partial charge in [0.25, 0.3) is 11.8 Å². The Hall–Kier alpha value is -2.60. The van der Waals surface area contributed by atoms with E-state index in [1.54, 1.807) is 18.2 Å². The van der Waals surface area contributed by atoms with Crippen molar-refractivity contribution in [2.24, 2.45) is 0 Å². The predicted molar refractivity (Wildman–Crippen MR) is 96.5 cm³/mol. The van der Waals surface area contributed by atoms with Crippen LogP contribution in [0.25, 0.3) is 5.57 Å². The fourth-order valence-corrected chi connectivity index (χ4v) is 3.52. The van der Waals surface area contributed by atoms with Crippen molar-refractivity contribution in [3.63, 3.8) is 0 Å². The van der Waals surface area contributed by atoms with Crippen LogP contribution in [0.5, 0.6) is 0 Å². The van der Waals surface area contributed by atoms with Crippen molar-refractivity contribution in [1.82, 2.24) is 5.32 Å². The molecule has 2 aromatic carbocycles. The van der Waals surface area contributed by atoms with Crippen LogP contribution < -0.4 is 16.0 Å². The average molecular weight is 384 g/mol. The number of imide groups is 1. The van der Waals surface area contributed by atoms with E-state index in [9.17, 15) is 9.59 Å². The normalized spacial score (nSPS) is 17.7. The molecule has 2 amide bonds. The Bertz CT molecular complexity index is 920. The summed E-state index contributed by atoms with van der Waals surface area (Å²) in [6, 6.07) is 11.1. The lowest BCUT2D eigenvalue weighted by Crippen LogP contribution is -2.37. The molecule has 0 aliphatic carbocycles. The third-order valence-electron chi connectivity index (χ3n) is 4.31. The molecule has 5 nitrogen and oxygen atoms in total. The summed E-state index contributed by atoms with van der Waals surface area (Å²) in [5, 5.41) is 2.40. The van der Waals surface area contributed by atoms with E-state index in [-0.39, 0.29) is 11.8 Å². The first-order valence-electron chi connectivity index (χ1n) is 7.55. The maximum atomic E-state index is 12.4. The number of nitrogen functional groups attached to an aromatic ring is 1. The highest BCUT2D eigenvalue weighted by Crippen LogP contribution is 2.33. The zero-order valence-corrected chi connectivity index (χ0v) is 14.3. The third-order valence-corrected chi connectivity index (χ3v) is 4.80. The Morgan fingerprint density at radius 2 is 1.92 bits per heavy atom. The van der Waals surface area contributed by atoms with Gasteiger partial charge in [0, 0.05) is 39.7 Å². The molecule has 0 fully saturated rings. The number of nitrogens with zero attached hydrogens (tertiary/aromatic N) is 1.